The average Bonchev–Trinajstić information content (AvgIpc) is 3.03. The molecule has 1 unspecified atom stereocenters. The third-order valence-electron chi connectivity index (χ3n) is 3.60. The van der Waals surface area contributed by atoms with Gasteiger partial charge in [0.2, 0.25) is 0 Å². The van der Waals surface area contributed by atoms with E-state index in [1.165, 1.54) is 34.1 Å². The van der Waals surface area contributed by atoms with Gasteiger partial charge in [-0.25, -0.2) is 9.37 Å². The summed E-state index contributed by atoms with van der Waals surface area (Å²) in [6.07, 6.45) is 2.89. The molecule has 0 radical (unpaired) electrons. The van der Waals surface area contributed by atoms with Crippen LogP contribution >= 0.6 is 11.3 Å². The van der Waals surface area contributed by atoms with Gasteiger partial charge in [0.05, 0.1) is 0 Å². The summed E-state index contributed by atoms with van der Waals surface area (Å²) in [6, 6.07) is 6.13. The Balaban J connectivity index is 1.72. The molecule has 1 N–H and O–H groups in total. The van der Waals surface area contributed by atoms with E-state index in [1.54, 1.807) is 23.7 Å². The smallest absolute Gasteiger partial charge is 0.271 e. The maximum atomic E-state index is 12.9. The van der Waals surface area contributed by atoms with Gasteiger partial charge >= 0.3 is 0 Å². The molecule has 0 saturated carbocycles. The van der Waals surface area contributed by atoms with Crippen LogP contribution < -0.4 is 10.9 Å². The second kappa shape index (κ2) is 6.29. The summed E-state index contributed by atoms with van der Waals surface area (Å²) in [5.74, 6) is -0.759. The normalized spacial score (nSPS) is 12.3. The van der Waals surface area contributed by atoms with Gasteiger partial charge in [0.15, 0.2) is 4.96 Å². The average molecular weight is 331 g/mol. The minimum Gasteiger partial charge on any atom is -0.351 e. The van der Waals surface area contributed by atoms with Crippen LogP contribution in [0, 0.1) is 5.82 Å². The van der Waals surface area contributed by atoms with E-state index in [0.29, 0.717) is 11.5 Å². The van der Waals surface area contributed by atoms with Crippen LogP contribution in [0.25, 0.3) is 4.96 Å². The van der Waals surface area contributed by atoms with Crippen molar-refractivity contribution in [1.82, 2.24) is 14.7 Å². The van der Waals surface area contributed by atoms with Crippen LogP contribution in [0.3, 0.4) is 0 Å². The van der Waals surface area contributed by atoms with Crippen molar-refractivity contribution >= 4 is 22.2 Å². The Bertz CT molecular complexity index is 902. The number of hydrogen-bond donors (Lipinski definition) is 1. The summed E-state index contributed by atoms with van der Waals surface area (Å²) in [5, 5.41) is 4.47. The Morgan fingerprint density at radius 3 is 2.87 bits per heavy atom. The first kappa shape index (κ1) is 15.4. The van der Waals surface area contributed by atoms with Crippen molar-refractivity contribution in [3.63, 3.8) is 0 Å². The lowest BCUT2D eigenvalue weighted by atomic mass is 10.0. The number of fused-ring (bicyclic) bond motifs is 1. The number of rotatable bonds is 4. The highest BCUT2D eigenvalue weighted by Crippen LogP contribution is 2.14. The lowest BCUT2D eigenvalue weighted by molar-refractivity contribution is 0.0949. The number of amides is 1. The second-order valence-electron chi connectivity index (χ2n) is 5.20. The molecule has 3 aromatic rings. The lowest BCUT2D eigenvalue weighted by Gasteiger charge is -2.13. The lowest BCUT2D eigenvalue weighted by Crippen LogP contribution is -2.33. The molecule has 0 saturated heterocycles. The summed E-state index contributed by atoms with van der Waals surface area (Å²) in [5.41, 5.74) is 0.533. The van der Waals surface area contributed by atoms with Crippen molar-refractivity contribution in [1.29, 1.82) is 0 Å². The van der Waals surface area contributed by atoms with Gasteiger partial charge in [0.25, 0.3) is 11.5 Å². The van der Waals surface area contributed by atoms with Gasteiger partial charge in [-0.15, -0.1) is 11.3 Å². The summed E-state index contributed by atoms with van der Waals surface area (Å²) in [6.45, 7) is 2.26. The summed E-state index contributed by atoms with van der Waals surface area (Å²) in [4.78, 5) is 29.1. The second-order valence-corrected chi connectivity index (χ2v) is 6.07. The zero-order valence-electron chi connectivity index (χ0n) is 12.3. The molecule has 0 aliphatic rings. The fourth-order valence-electron chi connectivity index (χ4n) is 2.23. The molecule has 0 bridgehead atoms. The van der Waals surface area contributed by atoms with Crippen molar-refractivity contribution in [2.75, 3.05) is 6.54 Å². The van der Waals surface area contributed by atoms with Crippen LogP contribution in [-0.2, 0) is 0 Å². The number of aromatic nitrogens is 2. The van der Waals surface area contributed by atoms with E-state index in [0.717, 1.165) is 5.56 Å². The molecule has 1 amide bonds. The van der Waals surface area contributed by atoms with E-state index < -0.39 is 5.91 Å². The number of carbonyl (C=O) groups is 1. The quantitative estimate of drug-likeness (QED) is 0.798. The van der Waals surface area contributed by atoms with Crippen molar-refractivity contribution in [2.24, 2.45) is 0 Å². The number of benzene rings is 1. The molecule has 1 aromatic carbocycles. The number of carbonyl (C=O) groups excluding carboxylic acids is 1. The van der Waals surface area contributed by atoms with Gasteiger partial charge in [0.1, 0.15) is 11.4 Å². The molecule has 0 aliphatic heterocycles. The summed E-state index contributed by atoms with van der Waals surface area (Å²) >= 11 is 1.33. The van der Waals surface area contributed by atoms with Gasteiger partial charge in [0, 0.05) is 24.3 Å². The van der Waals surface area contributed by atoms with Crippen LogP contribution in [-0.4, -0.2) is 21.8 Å². The fraction of sp³-hybridized carbons (Fsp3) is 0.188. The standard InChI is InChI=1S/C16H14FN3O2S/c1-10(11-2-4-12(17)5-3-11)8-18-14(21)13-9-19-16-20(15(13)22)6-7-23-16/h2-7,9-10H,8H2,1H3,(H,18,21). The minimum atomic E-state index is -0.461. The molecule has 23 heavy (non-hydrogen) atoms. The molecule has 7 heteroatoms. The molecule has 0 fully saturated rings. The van der Waals surface area contributed by atoms with E-state index in [9.17, 15) is 14.0 Å². The van der Waals surface area contributed by atoms with Crippen LogP contribution in [0.5, 0.6) is 0 Å². The van der Waals surface area contributed by atoms with E-state index in [1.807, 2.05) is 6.92 Å². The number of thiazole rings is 1. The maximum absolute atomic E-state index is 12.9. The first-order chi connectivity index (χ1) is 11.1. The Morgan fingerprint density at radius 1 is 1.39 bits per heavy atom. The first-order valence-corrected chi connectivity index (χ1v) is 7.93. The van der Waals surface area contributed by atoms with E-state index in [-0.39, 0.29) is 22.9 Å². The number of hydrogen-bond acceptors (Lipinski definition) is 4. The highest BCUT2D eigenvalue weighted by molar-refractivity contribution is 7.15. The third-order valence-corrected chi connectivity index (χ3v) is 4.37. The molecule has 0 spiro atoms. The zero-order chi connectivity index (χ0) is 16.4. The number of halogens is 1. The Kier molecular flexibility index (Phi) is 4.20. The maximum Gasteiger partial charge on any atom is 0.271 e. The van der Waals surface area contributed by atoms with Crippen LogP contribution in [0.2, 0.25) is 0 Å². The SMILES string of the molecule is CC(CNC(=O)c1cnc2sccn2c1=O)c1ccc(F)cc1. The van der Waals surface area contributed by atoms with Crippen LogP contribution in [0.4, 0.5) is 4.39 Å². The predicted octanol–water partition coefficient (Wildman–Crippen LogP) is 2.43. The van der Waals surface area contributed by atoms with Gasteiger partial charge in [-0.05, 0) is 23.6 Å². The van der Waals surface area contributed by atoms with Crippen LogP contribution in [0.1, 0.15) is 28.8 Å². The van der Waals surface area contributed by atoms with Crippen molar-refractivity contribution in [3.05, 3.63) is 69.3 Å². The Morgan fingerprint density at radius 2 is 2.13 bits per heavy atom. The Labute approximate surface area is 135 Å². The Hall–Kier alpha value is -2.54. The van der Waals surface area contributed by atoms with Gasteiger partial charge in [-0.2, -0.15) is 0 Å². The highest BCUT2D eigenvalue weighted by atomic mass is 32.1. The topological polar surface area (TPSA) is 63.5 Å². The molecular weight excluding hydrogens is 317 g/mol. The van der Waals surface area contributed by atoms with Crippen LogP contribution in [0.15, 0.2) is 46.8 Å². The molecule has 5 nitrogen and oxygen atoms in total. The molecular formula is C16H14FN3O2S. The van der Waals surface area contributed by atoms with Gasteiger partial charge < -0.3 is 5.32 Å². The minimum absolute atomic E-state index is 0.000132. The fourth-order valence-corrected chi connectivity index (χ4v) is 2.91. The van der Waals surface area contributed by atoms with Crippen molar-refractivity contribution in [3.8, 4) is 0 Å². The van der Waals surface area contributed by atoms with Crippen molar-refractivity contribution < 1.29 is 9.18 Å². The third kappa shape index (κ3) is 3.14. The van der Waals surface area contributed by atoms with Gasteiger partial charge in [-0.1, -0.05) is 19.1 Å². The molecule has 0 aliphatic carbocycles. The monoisotopic (exact) mass is 331 g/mol. The molecule has 2 aromatic heterocycles. The molecule has 1 atom stereocenters. The summed E-state index contributed by atoms with van der Waals surface area (Å²) < 4.78 is 14.3. The zero-order valence-corrected chi connectivity index (χ0v) is 13.1. The van der Waals surface area contributed by atoms with Crippen molar-refractivity contribution in [2.45, 2.75) is 12.8 Å². The molecule has 118 valence electrons. The highest BCUT2D eigenvalue weighted by Gasteiger charge is 2.15. The van der Waals surface area contributed by atoms with Gasteiger partial charge in [-0.3, -0.25) is 14.0 Å². The number of nitrogens with one attached hydrogen (secondary N) is 1. The first-order valence-electron chi connectivity index (χ1n) is 7.05. The van der Waals surface area contributed by atoms with E-state index in [4.69, 9.17) is 0 Å². The predicted molar refractivity (Wildman–Crippen MR) is 86.5 cm³/mol. The van der Waals surface area contributed by atoms with E-state index in [2.05, 4.69) is 10.3 Å². The van der Waals surface area contributed by atoms with E-state index >= 15 is 0 Å². The molecule has 3 rings (SSSR count). The largest absolute Gasteiger partial charge is 0.351 e. The molecule has 2 heterocycles. The summed E-state index contributed by atoms with van der Waals surface area (Å²) in [7, 11) is 0. The number of nitrogens with zero attached hydrogens (tertiary/aromatic N) is 2.